The highest BCUT2D eigenvalue weighted by molar-refractivity contribution is 5.94. The third-order valence-electron chi connectivity index (χ3n) is 1.62. The van der Waals surface area contributed by atoms with Crippen LogP contribution in [0.3, 0.4) is 0 Å². The summed E-state index contributed by atoms with van der Waals surface area (Å²) in [6.07, 6.45) is 0. The number of hydrogen-bond acceptors (Lipinski definition) is 3. The Kier molecular flexibility index (Phi) is 3.60. The third kappa shape index (κ3) is 3.22. The van der Waals surface area contributed by atoms with Crippen molar-refractivity contribution in [3.63, 3.8) is 0 Å². The van der Waals surface area contributed by atoms with Crippen molar-refractivity contribution in [2.24, 2.45) is 0 Å². The Bertz CT molecular complexity index is 324. The van der Waals surface area contributed by atoms with Crippen molar-refractivity contribution in [2.75, 3.05) is 13.1 Å². The van der Waals surface area contributed by atoms with Crippen molar-refractivity contribution < 1.29 is 9.72 Å². The van der Waals surface area contributed by atoms with E-state index in [1.807, 2.05) is 0 Å². The Hall–Kier alpha value is -1.91. The number of carbonyl (C=O) groups excluding carboxylic acids is 1. The average Bonchev–Trinajstić information content (AvgIpc) is 2.18. The van der Waals surface area contributed by atoms with Crippen molar-refractivity contribution in [3.8, 4) is 0 Å². The predicted molar refractivity (Wildman–Crippen MR) is 50.6 cm³/mol. The molecule has 0 aliphatic rings. The minimum Gasteiger partial charge on any atom is -0.345 e. The number of amides is 1. The number of nitrogens with zero attached hydrogens (tertiary/aromatic N) is 1. The molecule has 5 heteroatoms. The van der Waals surface area contributed by atoms with E-state index in [9.17, 15) is 14.9 Å². The summed E-state index contributed by atoms with van der Waals surface area (Å²) >= 11 is 0. The van der Waals surface area contributed by atoms with Gasteiger partial charge in [-0.2, -0.15) is 0 Å². The van der Waals surface area contributed by atoms with Crippen LogP contribution < -0.4 is 5.32 Å². The summed E-state index contributed by atoms with van der Waals surface area (Å²) in [5.74, 6) is -0.285. The Morgan fingerprint density at radius 2 is 2.00 bits per heavy atom. The third-order valence-corrected chi connectivity index (χ3v) is 1.62. The summed E-state index contributed by atoms with van der Waals surface area (Å²) < 4.78 is 0. The fourth-order valence-electron chi connectivity index (χ4n) is 0.952. The molecule has 0 heterocycles. The standard InChI is InChI=1S/C9H10N2O3/c12-9(10-6-7-11(13)14)8-4-2-1-3-5-8/h1-5H,6-7H2,(H,10,12). The van der Waals surface area contributed by atoms with Crippen LogP contribution in [0.1, 0.15) is 10.4 Å². The molecular formula is C9H10N2O3. The van der Waals surface area contributed by atoms with E-state index in [2.05, 4.69) is 5.32 Å². The Balaban J connectivity index is 2.40. The summed E-state index contributed by atoms with van der Waals surface area (Å²) in [6, 6.07) is 8.58. The Labute approximate surface area is 80.9 Å². The fourth-order valence-corrected chi connectivity index (χ4v) is 0.952. The van der Waals surface area contributed by atoms with Gasteiger partial charge >= 0.3 is 0 Å². The largest absolute Gasteiger partial charge is 0.345 e. The lowest BCUT2D eigenvalue weighted by atomic mass is 10.2. The van der Waals surface area contributed by atoms with Crippen LogP contribution in [0.15, 0.2) is 30.3 Å². The molecule has 0 unspecified atom stereocenters. The van der Waals surface area contributed by atoms with Gasteiger partial charge in [-0.15, -0.1) is 0 Å². The predicted octanol–water partition coefficient (Wildman–Crippen LogP) is 0.693. The molecule has 0 radical (unpaired) electrons. The molecule has 0 aliphatic carbocycles. The van der Waals surface area contributed by atoms with Gasteiger partial charge in [-0.1, -0.05) is 18.2 Å². The summed E-state index contributed by atoms with van der Waals surface area (Å²) in [4.78, 5) is 20.8. The maximum absolute atomic E-state index is 11.3. The van der Waals surface area contributed by atoms with Crippen LogP contribution in [0.4, 0.5) is 0 Å². The second-order valence-corrected chi connectivity index (χ2v) is 2.68. The lowest BCUT2D eigenvalue weighted by Crippen LogP contribution is -2.28. The van der Waals surface area contributed by atoms with Crippen LogP contribution in [0.25, 0.3) is 0 Å². The second kappa shape index (κ2) is 4.96. The topological polar surface area (TPSA) is 72.2 Å². The van der Waals surface area contributed by atoms with Crippen LogP contribution in [-0.2, 0) is 0 Å². The Morgan fingerprint density at radius 3 is 2.57 bits per heavy atom. The molecule has 0 saturated carbocycles. The lowest BCUT2D eigenvalue weighted by Gasteiger charge is -2.01. The molecule has 0 spiro atoms. The quantitative estimate of drug-likeness (QED) is 0.566. The maximum atomic E-state index is 11.3. The summed E-state index contributed by atoms with van der Waals surface area (Å²) in [5, 5.41) is 12.4. The smallest absolute Gasteiger partial charge is 0.251 e. The first-order chi connectivity index (χ1) is 6.70. The van der Waals surface area contributed by atoms with E-state index in [1.54, 1.807) is 30.3 Å². The van der Waals surface area contributed by atoms with E-state index < -0.39 is 4.92 Å². The normalized spacial score (nSPS) is 9.43. The van der Waals surface area contributed by atoms with Crippen molar-refractivity contribution in [1.82, 2.24) is 5.32 Å². The molecule has 1 rings (SSSR count). The molecule has 1 N–H and O–H groups in total. The van der Waals surface area contributed by atoms with Gasteiger partial charge in [-0.3, -0.25) is 14.9 Å². The highest BCUT2D eigenvalue weighted by atomic mass is 16.6. The number of rotatable bonds is 4. The first kappa shape index (κ1) is 10.2. The maximum Gasteiger partial charge on any atom is 0.251 e. The molecule has 0 aliphatic heterocycles. The van der Waals surface area contributed by atoms with Crippen LogP contribution in [0.2, 0.25) is 0 Å². The van der Waals surface area contributed by atoms with E-state index >= 15 is 0 Å². The molecule has 0 saturated heterocycles. The minimum atomic E-state index is -0.467. The first-order valence-electron chi connectivity index (χ1n) is 4.15. The molecule has 1 amide bonds. The number of nitro groups is 1. The van der Waals surface area contributed by atoms with Crippen molar-refractivity contribution >= 4 is 5.91 Å². The summed E-state index contributed by atoms with van der Waals surface area (Å²) in [7, 11) is 0. The van der Waals surface area contributed by atoms with E-state index in [0.29, 0.717) is 5.56 Å². The van der Waals surface area contributed by atoms with Gasteiger partial charge in [0, 0.05) is 10.5 Å². The molecule has 14 heavy (non-hydrogen) atoms. The SMILES string of the molecule is O=C(NCC[N+](=O)[O-])c1ccccc1. The monoisotopic (exact) mass is 194 g/mol. The molecule has 5 nitrogen and oxygen atoms in total. The van der Waals surface area contributed by atoms with Crippen molar-refractivity contribution in [2.45, 2.75) is 0 Å². The van der Waals surface area contributed by atoms with Gasteiger partial charge in [0.15, 0.2) is 0 Å². The minimum absolute atomic E-state index is 0.0563. The number of hydrogen-bond donors (Lipinski definition) is 1. The zero-order chi connectivity index (χ0) is 10.4. The molecule has 0 fully saturated rings. The lowest BCUT2D eigenvalue weighted by molar-refractivity contribution is -0.477. The zero-order valence-corrected chi connectivity index (χ0v) is 7.47. The molecule has 1 aromatic carbocycles. The van der Waals surface area contributed by atoms with E-state index in [0.717, 1.165) is 0 Å². The van der Waals surface area contributed by atoms with Gasteiger partial charge in [0.05, 0.1) is 6.54 Å². The van der Waals surface area contributed by atoms with E-state index in [4.69, 9.17) is 0 Å². The molecular weight excluding hydrogens is 184 g/mol. The molecule has 0 bridgehead atoms. The van der Waals surface area contributed by atoms with E-state index in [1.165, 1.54) is 0 Å². The van der Waals surface area contributed by atoms with Crippen LogP contribution in [0.5, 0.6) is 0 Å². The summed E-state index contributed by atoms with van der Waals surface area (Å²) in [5.41, 5.74) is 0.510. The second-order valence-electron chi connectivity index (χ2n) is 2.68. The molecule has 0 aromatic heterocycles. The van der Waals surface area contributed by atoms with Gasteiger partial charge in [-0.25, -0.2) is 0 Å². The highest BCUT2D eigenvalue weighted by Crippen LogP contribution is 1.96. The van der Waals surface area contributed by atoms with Crippen LogP contribution >= 0.6 is 0 Å². The Morgan fingerprint density at radius 1 is 1.36 bits per heavy atom. The van der Waals surface area contributed by atoms with Gasteiger partial charge in [0.25, 0.3) is 5.91 Å². The van der Waals surface area contributed by atoms with Crippen molar-refractivity contribution in [3.05, 3.63) is 46.0 Å². The molecule has 1 aromatic rings. The number of carbonyl (C=O) groups is 1. The fraction of sp³-hybridized carbons (Fsp3) is 0.222. The van der Waals surface area contributed by atoms with Gasteiger partial charge in [-0.05, 0) is 12.1 Å². The van der Waals surface area contributed by atoms with Gasteiger partial charge in [0.2, 0.25) is 6.54 Å². The van der Waals surface area contributed by atoms with E-state index in [-0.39, 0.29) is 19.0 Å². The van der Waals surface area contributed by atoms with Crippen molar-refractivity contribution in [1.29, 1.82) is 0 Å². The van der Waals surface area contributed by atoms with Crippen LogP contribution in [-0.4, -0.2) is 23.9 Å². The number of benzene rings is 1. The summed E-state index contributed by atoms with van der Waals surface area (Å²) in [6.45, 7) is -0.195. The van der Waals surface area contributed by atoms with Crippen LogP contribution in [0, 0.1) is 10.1 Å². The molecule has 74 valence electrons. The highest BCUT2D eigenvalue weighted by Gasteiger charge is 2.04. The van der Waals surface area contributed by atoms with Gasteiger partial charge in [0.1, 0.15) is 0 Å². The average molecular weight is 194 g/mol. The first-order valence-corrected chi connectivity index (χ1v) is 4.15. The zero-order valence-electron chi connectivity index (χ0n) is 7.47. The van der Waals surface area contributed by atoms with Gasteiger partial charge < -0.3 is 5.32 Å². The number of nitrogens with one attached hydrogen (secondary N) is 1. The molecule has 0 atom stereocenters.